The lowest BCUT2D eigenvalue weighted by Gasteiger charge is -2.19. The summed E-state index contributed by atoms with van der Waals surface area (Å²) in [4.78, 5) is 10.9. The number of nitrogens with two attached hydrogens (primary N) is 1. The molecule has 0 radical (unpaired) electrons. The molecule has 0 saturated heterocycles. The Labute approximate surface area is 153 Å². The van der Waals surface area contributed by atoms with Gasteiger partial charge in [-0.1, -0.05) is 6.92 Å². The molecule has 0 spiro atoms. The predicted molar refractivity (Wildman–Crippen MR) is 95.7 cm³/mol. The van der Waals surface area contributed by atoms with Gasteiger partial charge in [-0.05, 0) is 56.8 Å². The molecule has 0 unspecified atom stereocenters. The number of rotatable bonds is 10. The van der Waals surface area contributed by atoms with Crippen molar-refractivity contribution in [2.75, 3.05) is 19.8 Å². The molecule has 1 rings (SSSR count). The number of hydrogen-bond donors (Lipinski definition) is 3. The number of carbonyl (C=O) groups excluding carboxylic acids is 1. The molecule has 0 heterocycles. The van der Waals surface area contributed by atoms with Gasteiger partial charge in [-0.25, -0.2) is 0 Å². The highest BCUT2D eigenvalue weighted by Crippen LogP contribution is 2.42. The first-order valence-corrected chi connectivity index (χ1v) is 8.92. The van der Waals surface area contributed by atoms with Gasteiger partial charge >= 0.3 is 0 Å². The smallest absolute Gasteiger partial charge is 0.255 e. The number of nitrogens with one attached hydrogen (secondary N) is 1. The minimum Gasteiger partial charge on any atom is -0.490 e. The number of ether oxygens (including phenoxy) is 2. The third kappa shape index (κ3) is 5.95. The van der Waals surface area contributed by atoms with Gasteiger partial charge in [-0.2, -0.15) is 0 Å². The van der Waals surface area contributed by atoms with Crippen LogP contribution in [0.15, 0.2) is 15.0 Å². The van der Waals surface area contributed by atoms with Crippen molar-refractivity contribution < 1.29 is 19.4 Å². The lowest BCUT2D eigenvalue weighted by atomic mass is 10.1. The molecule has 1 aromatic rings. The summed E-state index contributed by atoms with van der Waals surface area (Å²) in [5.74, 6) is 0.392. The molecule has 4 N–H and O–H groups in total. The molecule has 0 saturated carbocycles. The van der Waals surface area contributed by atoms with Crippen LogP contribution < -0.4 is 20.5 Å². The number of aliphatic hydroxyl groups is 1. The molecule has 0 fully saturated rings. The number of hydrogen-bond acceptors (Lipinski definition) is 5. The lowest BCUT2D eigenvalue weighted by molar-refractivity contribution is -0.119. The van der Waals surface area contributed by atoms with Crippen LogP contribution >= 0.6 is 31.9 Å². The van der Waals surface area contributed by atoms with Crippen LogP contribution in [0.25, 0.3) is 0 Å². The van der Waals surface area contributed by atoms with Gasteiger partial charge in [0.15, 0.2) is 18.1 Å². The summed E-state index contributed by atoms with van der Waals surface area (Å²) in [7, 11) is 0. The highest BCUT2D eigenvalue weighted by Gasteiger charge is 2.18. The van der Waals surface area contributed by atoms with Crippen LogP contribution in [-0.4, -0.2) is 36.9 Å². The van der Waals surface area contributed by atoms with Crippen molar-refractivity contribution in [2.24, 2.45) is 5.73 Å². The van der Waals surface area contributed by atoms with Crippen LogP contribution in [0.5, 0.6) is 11.5 Å². The van der Waals surface area contributed by atoms with E-state index in [0.717, 1.165) is 16.5 Å². The van der Waals surface area contributed by atoms with Gasteiger partial charge in [-0.3, -0.25) is 4.79 Å². The fourth-order valence-electron chi connectivity index (χ4n) is 1.90. The minimum atomic E-state index is -0.560. The molecular formula is C15H22Br2N2O4. The van der Waals surface area contributed by atoms with Crippen LogP contribution in [0.1, 0.15) is 25.8 Å². The van der Waals surface area contributed by atoms with Gasteiger partial charge in [0, 0.05) is 17.1 Å². The van der Waals surface area contributed by atoms with Crippen LogP contribution in [0.2, 0.25) is 0 Å². The number of primary amides is 1. The monoisotopic (exact) mass is 452 g/mol. The number of halogens is 2. The second-order valence-corrected chi connectivity index (χ2v) is 6.43. The van der Waals surface area contributed by atoms with Crippen molar-refractivity contribution in [1.82, 2.24) is 5.32 Å². The van der Waals surface area contributed by atoms with Crippen LogP contribution in [0, 0.1) is 0 Å². The Kier molecular flexibility index (Phi) is 8.90. The summed E-state index contributed by atoms with van der Waals surface area (Å²) in [5.41, 5.74) is 6.07. The van der Waals surface area contributed by atoms with Crippen molar-refractivity contribution in [3.8, 4) is 11.5 Å². The normalized spacial score (nSPS) is 12.0. The Balaban J connectivity index is 3.06. The highest BCUT2D eigenvalue weighted by molar-refractivity contribution is 9.13. The summed E-state index contributed by atoms with van der Waals surface area (Å²) < 4.78 is 12.5. The van der Waals surface area contributed by atoms with Crippen molar-refractivity contribution in [3.05, 3.63) is 20.6 Å². The maximum absolute atomic E-state index is 10.9. The Morgan fingerprint density at radius 1 is 1.35 bits per heavy atom. The third-order valence-electron chi connectivity index (χ3n) is 3.16. The molecule has 0 aliphatic rings. The van der Waals surface area contributed by atoms with Gasteiger partial charge in [0.2, 0.25) is 0 Å². The van der Waals surface area contributed by atoms with Gasteiger partial charge in [0.05, 0.1) is 17.7 Å². The highest BCUT2D eigenvalue weighted by atomic mass is 79.9. The summed E-state index contributed by atoms with van der Waals surface area (Å²) >= 11 is 6.98. The van der Waals surface area contributed by atoms with E-state index in [9.17, 15) is 9.90 Å². The van der Waals surface area contributed by atoms with Crippen molar-refractivity contribution in [2.45, 2.75) is 32.9 Å². The molecule has 1 atom stereocenters. The summed E-state index contributed by atoms with van der Waals surface area (Å²) in [6.07, 6.45) is 0.827. The molecule has 0 aliphatic heterocycles. The molecule has 6 nitrogen and oxygen atoms in total. The fraction of sp³-hybridized carbons (Fsp3) is 0.533. The maximum Gasteiger partial charge on any atom is 0.255 e. The zero-order valence-corrected chi connectivity index (χ0v) is 16.4. The van der Waals surface area contributed by atoms with E-state index >= 15 is 0 Å². The Morgan fingerprint density at radius 3 is 2.57 bits per heavy atom. The van der Waals surface area contributed by atoms with Gasteiger partial charge in [0.1, 0.15) is 0 Å². The van der Waals surface area contributed by atoms with E-state index in [4.69, 9.17) is 15.2 Å². The van der Waals surface area contributed by atoms with Gasteiger partial charge in [-0.15, -0.1) is 0 Å². The van der Waals surface area contributed by atoms with Gasteiger partial charge < -0.3 is 25.6 Å². The second-order valence-electron chi connectivity index (χ2n) is 4.85. The number of carbonyl (C=O) groups is 1. The SMILES string of the molecule is CCOc1cc(CN[C@H](CC)CO)c(Br)c(Br)c1OCC(N)=O. The molecule has 0 bridgehead atoms. The van der Waals surface area contributed by atoms with E-state index in [-0.39, 0.29) is 19.3 Å². The van der Waals surface area contributed by atoms with Crippen molar-refractivity contribution >= 4 is 37.8 Å². The standard InChI is InChI=1S/C15H22Br2N2O4/c1-3-10(7-20)19-6-9-5-11(22-4-2)15(14(17)13(9)16)23-8-12(18)21/h5,10,19-20H,3-4,6-8H2,1-2H3,(H2,18,21)/t10-/m1/s1. The summed E-state index contributed by atoms with van der Waals surface area (Å²) in [6.45, 7) is 4.73. The molecule has 23 heavy (non-hydrogen) atoms. The van der Waals surface area contributed by atoms with Crippen molar-refractivity contribution in [1.29, 1.82) is 0 Å². The van der Waals surface area contributed by atoms with E-state index < -0.39 is 5.91 Å². The molecular weight excluding hydrogens is 432 g/mol. The average Bonchev–Trinajstić information content (AvgIpc) is 2.52. The number of amides is 1. The van der Waals surface area contributed by atoms with E-state index in [0.29, 0.717) is 29.1 Å². The topological polar surface area (TPSA) is 93.8 Å². The van der Waals surface area contributed by atoms with E-state index in [1.54, 1.807) is 0 Å². The largest absolute Gasteiger partial charge is 0.490 e. The average molecular weight is 454 g/mol. The zero-order valence-electron chi connectivity index (χ0n) is 13.2. The lowest BCUT2D eigenvalue weighted by Crippen LogP contribution is -2.31. The fourth-order valence-corrected chi connectivity index (χ4v) is 2.90. The quantitative estimate of drug-likeness (QED) is 0.505. The number of aliphatic hydroxyl groups excluding tert-OH is 1. The molecule has 0 aliphatic carbocycles. The third-order valence-corrected chi connectivity index (χ3v) is 5.35. The first-order chi connectivity index (χ1) is 10.9. The first-order valence-electron chi connectivity index (χ1n) is 7.33. The van der Waals surface area contributed by atoms with Crippen LogP contribution in [0.4, 0.5) is 0 Å². The van der Waals surface area contributed by atoms with E-state index in [1.807, 2.05) is 19.9 Å². The Hall–Kier alpha value is -0.830. The minimum absolute atomic E-state index is 0.0296. The molecule has 8 heteroatoms. The predicted octanol–water partition coefficient (Wildman–Crippen LogP) is 2.33. The Bertz CT molecular complexity index is 537. The molecule has 130 valence electrons. The molecule has 1 amide bonds. The zero-order chi connectivity index (χ0) is 17.4. The Morgan fingerprint density at radius 2 is 2.04 bits per heavy atom. The van der Waals surface area contributed by atoms with Gasteiger partial charge in [0.25, 0.3) is 5.91 Å². The maximum atomic E-state index is 10.9. The second kappa shape index (κ2) is 10.1. The molecule has 0 aromatic heterocycles. The summed E-state index contributed by atoms with van der Waals surface area (Å²) in [5, 5.41) is 12.5. The summed E-state index contributed by atoms with van der Waals surface area (Å²) in [6, 6.07) is 1.87. The first kappa shape index (κ1) is 20.2. The van der Waals surface area contributed by atoms with E-state index in [1.165, 1.54) is 0 Å². The molecule has 1 aromatic carbocycles. The number of benzene rings is 1. The van der Waals surface area contributed by atoms with Crippen molar-refractivity contribution in [3.63, 3.8) is 0 Å². The van der Waals surface area contributed by atoms with E-state index in [2.05, 4.69) is 37.2 Å². The van der Waals surface area contributed by atoms with Crippen LogP contribution in [-0.2, 0) is 11.3 Å². The van der Waals surface area contributed by atoms with Crippen LogP contribution in [0.3, 0.4) is 0 Å².